The summed E-state index contributed by atoms with van der Waals surface area (Å²) in [6.45, 7) is 13.3. The van der Waals surface area contributed by atoms with Gasteiger partial charge in [0, 0.05) is 41.9 Å². The topological polar surface area (TPSA) is 76.4 Å². The molecule has 3 rings (SSSR count). The van der Waals surface area contributed by atoms with Gasteiger partial charge >= 0.3 is 0 Å². The van der Waals surface area contributed by atoms with E-state index in [1.165, 1.54) is 0 Å². The van der Waals surface area contributed by atoms with E-state index in [0.29, 0.717) is 29.2 Å². The second-order valence-electron chi connectivity index (χ2n) is 10.4. The summed E-state index contributed by atoms with van der Waals surface area (Å²) in [5, 5.41) is 13.0. The molecule has 1 atom stereocenters. The van der Waals surface area contributed by atoms with E-state index in [0.717, 1.165) is 29.2 Å². The number of aliphatic hydroxyl groups excluding tert-OH is 1. The predicted octanol–water partition coefficient (Wildman–Crippen LogP) is 6.03. The molecule has 1 heterocycles. The van der Waals surface area contributed by atoms with Gasteiger partial charge in [-0.1, -0.05) is 56.6 Å². The summed E-state index contributed by atoms with van der Waals surface area (Å²) in [5.41, 5.74) is 3.50. The Kier molecular flexibility index (Phi) is 9.20. The van der Waals surface area contributed by atoms with Crippen molar-refractivity contribution in [1.29, 1.82) is 0 Å². The smallest absolute Gasteiger partial charge is 0.251 e. The van der Waals surface area contributed by atoms with Crippen LogP contribution in [0.3, 0.4) is 0 Å². The minimum atomic E-state index is -0.233. The second-order valence-corrected chi connectivity index (χ2v) is 10.8. The molecule has 0 aliphatic carbocycles. The zero-order valence-corrected chi connectivity index (χ0v) is 22.9. The molecule has 36 heavy (non-hydrogen) atoms. The van der Waals surface area contributed by atoms with Crippen molar-refractivity contribution in [3.63, 3.8) is 0 Å². The molecule has 2 aromatic carbocycles. The highest BCUT2D eigenvalue weighted by Gasteiger charge is 2.22. The summed E-state index contributed by atoms with van der Waals surface area (Å²) in [4.78, 5) is 17.8. The molecule has 6 nitrogen and oxygen atoms in total. The van der Waals surface area contributed by atoms with Gasteiger partial charge in [-0.2, -0.15) is 0 Å². The highest BCUT2D eigenvalue weighted by molar-refractivity contribution is 6.32. The summed E-state index contributed by atoms with van der Waals surface area (Å²) in [6.07, 6.45) is 3.15. The molecule has 1 amide bonds. The van der Waals surface area contributed by atoms with Crippen LogP contribution >= 0.6 is 11.6 Å². The summed E-state index contributed by atoms with van der Waals surface area (Å²) in [7, 11) is 0. The summed E-state index contributed by atoms with van der Waals surface area (Å²) >= 11 is 6.30. The molecule has 0 spiro atoms. The van der Waals surface area contributed by atoms with Crippen LogP contribution in [0, 0.1) is 0 Å². The number of rotatable bonds is 10. The number of carbonyl (C=O) groups is 1. The number of hydrogen-bond acceptors (Lipinski definition) is 4. The van der Waals surface area contributed by atoms with E-state index < -0.39 is 0 Å². The molecular weight excluding hydrogens is 474 g/mol. The number of nitrogens with one attached hydrogen (secondary N) is 1. The van der Waals surface area contributed by atoms with Crippen LogP contribution in [0.5, 0.6) is 5.75 Å². The Morgan fingerprint density at radius 2 is 1.86 bits per heavy atom. The highest BCUT2D eigenvalue weighted by atomic mass is 35.5. The van der Waals surface area contributed by atoms with Crippen molar-refractivity contribution in [1.82, 2.24) is 14.9 Å². The van der Waals surface area contributed by atoms with E-state index >= 15 is 0 Å². The van der Waals surface area contributed by atoms with Crippen LogP contribution in [0.2, 0.25) is 5.02 Å². The van der Waals surface area contributed by atoms with Gasteiger partial charge in [0.1, 0.15) is 11.6 Å². The van der Waals surface area contributed by atoms with Gasteiger partial charge in [0.15, 0.2) is 0 Å². The molecule has 7 heteroatoms. The maximum atomic E-state index is 12.9. The highest BCUT2D eigenvalue weighted by Crippen LogP contribution is 2.28. The minimum absolute atomic E-state index is 0.00890. The standard InChI is InChI=1S/C29H38ClN3O3/c1-7-33-18-25(32-28(33)29(4,5)6)21-10-8-20(9-11-21)16-23(14-15-34)31-27(35)22-12-13-26(24(30)17-22)36-19(2)3/h8-13,17-19,23,34H,7,14-16H2,1-6H3,(H,31,35)/t23-/m1/s1. The van der Waals surface area contributed by atoms with Gasteiger partial charge < -0.3 is 19.7 Å². The number of aryl methyl sites for hydroxylation is 1. The van der Waals surface area contributed by atoms with Gasteiger partial charge in [-0.05, 0) is 57.4 Å². The molecule has 0 radical (unpaired) electrons. The van der Waals surface area contributed by atoms with Crippen molar-refractivity contribution in [3.8, 4) is 17.0 Å². The monoisotopic (exact) mass is 511 g/mol. The molecule has 0 aliphatic heterocycles. The van der Waals surface area contributed by atoms with Gasteiger partial charge in [-0.25, -0.2) is 4.98 Å². The first-order chi connectivity index (χ1) is 17.0. The van der Waals surface area contributed by atoms with Gasteiger partial charge in [0.2, 0.25) is 0 Å². The first-order valence-corrected chi connectivity index (χ1v) is 12.9. The van der Waals surface area contributed by atoms with Gasteiger partial charge in [0.05, 0.1) is 16.8 Å². The van der Waals surface area contributed by atoms with Gasteiger partial charge in [-0.3, -0.25) is 4.79 Å². The number of benzene rings is 2. The SMILES string of the molecule is CCn1cc(-c2ccc(C[C@@H](CCO)NC(=O)c3ccc(OC(C)C)c(Cl)c3)cc2)nc1C(C)(C)C. The van der Waals surface area contributed by atoms with Gasteiger partial charge in [-0.15, -0.1) is 0 Å². The van der Waals surface area contributed by atoms with Crippen molar-refractivity contribution in [2.75, 3.05) is 6.61 Å². The first kappa shape index (κ1) is 27.8. The molecule has 0 unspecified atom stereocenters. The molecule has 0 fully saturated rings. The average Bonchev–Trinajstić information content (AvgIpc) is 3.26. The predicted molar refractivity (Wildman–Crippen MR) is 146 cm³/mol. The van der Waals surface area contributed by atoms with Crippen LogP contribution in [-0.2, 0) is 18.4 Å². The summed E-state index contributed by atoms with van der Waals surface area (Å²) in [5.74, 6) is 1.38. The Labute approximate surface area is 219 Å². The molecule has 2 N–H and O–H groups in total. The van der Waals surface area contributed by atoms with Crippen molar-refractivity contribution in [2.45, 2.75) is 78.5 Å². The lowest BCUT2D eigenvalue weighted by Gasteiger charge is -2.19. The number of aliphatic hydroxyl groups is 1. The lowest BCUT2D eigenvalue weighted by molar-refractivity contribution is 0.0930. The number of aromatic nitrogens is 2. The van der Waals surface area contributed by atoms with E-state index in [2.05, 4.69) is 68.0 Å². The lowest BCUT2D eigenvalue weighted by atomic mass is 9.95. The lowest BCUT2D eigenvalue weighted by Crippen LogP contribution is -2.37. The van der Waals surface area contributed by atoms with Crippen molar-refractivity contribution in [3.05, 3.63) is 70.6 Å². The van der Waals surface area contributed by atoms with Crippen molar-refractivity contribution in [2.24, 2.45) is 0 Å². The fourth-order valence-corrected chi connectivity index (χ4v) is 4.36. The molecular formula is C29H38ClN3O3. The Hall–Kier alpha value is -2.83. The zero-order chi connectivity index (χ0) is 26.5. The van der Waals surface area contributed by atoms with Crippen LogP contribution in [-0.4, -0.2) is 39.3 Å². The minimum Gasteiger partial charge on any atom is -0.489 e. The quantitative estimate of drug-likeness (QED) is 0.348. The fourth-order valence-electron chi connectivity index (χ4n) is 4.13. The third kappa shape index (κ3) is 7.11. The molecule has 0 saturated heterocycles. The van der Waals surface area contributed by atoms with E-state index in [4.69, 9.17) is 21.3 Å². The first-order valence-electron chi connectivity index (χ1n) is 12.6. The number of amides is 1. The third-order valence-electron chi connectivity index (χ3n) is 5.89. The Bertz CT molecular complexity index is 1160. The maximum Gasteiger partial charge on any atom is 0.251 e. The molecule has 3 aromatic rings. The molecule has 194 valence electrons. The normalized spacial score (nSPS) is 12.6. The van der Waals surface area contributed by atoms with Crippen LogP contribution in [0.25, 0.3) is 11.3 Å². The number of carbonyl (C=O) groups excluding carboxylic acids is 1. The number of hydrogen-bond donors (Lipinski definition) is 2. The Balaban J connectivity index is 1.71. The van der Waals surface area contributed by atoms with Crippen molar-refractivity contribution < 1.29 is 14.6 Å². The van der Waals surface area contributed by atoms with Crippen LogP contribution in [0.4, 0.5) is 0 Å². The molecule has 0 bridgehead atoms. The molecule has 0 aliphatic rings. The van der Waals surface area contributed by atoms with E-state index in [1.807, 2.05) is 13.8 Å². The summed E-state index contributed by atoms with van der Waals surface area (Å²) < 4.78 is 7.85. The largest absolute Gasteiger partial charge is 0.489 e. The number of nitrogens with zero attached hydrogens (tertiary/aromatic N) is 2. The summed E-state index contributed by atoms with van der Waals surface area (Å²) in [6, 6.07) is 13.0. The van der Waals surface area contributed by atoms with Crippen molar-refractivity contribution >= 4 is 17.5 Å². The third-order valence-corrected chi connectivity index (χ3v) is 6.18. The number of halogens is 1. The molecule has 1 aromatic heterocycles. The zero-order valence-electron chi connectivity index (χ0n) is 22.1. The van der Waals surface area contributed by atoms with Crippen LogP contribution in [0.1, 0.15) is 69.7 Å². The van der Waals surface area contributed by atoms with E-state index in [1.54, 1.807) is 18.2 Å². The van der Waals surface area contributed by atoms with E-state index in [-0.39, 0.29) is 30.1 Å². The number of imidazole rings is 1. The van der Waals surface area contributed by atoms with Crippen LogP contribution in [0.15, 0.2) is 48.7 Å². The fraction of sp³-hybridized carbons (Fsp3) is 0.448. The Morgan fingerprint density at radius 1 is 1.17 bits per heavy atom. The maximum absolute atomic E-state index is 12.9. The van der Waals surface area contributed by atoms with Gasteiger partial charge in [0.25, 0.3) is 5.91 Å². The molecule has 0 saturated carbocycles. The van der Waals surface area contributed by atoms with E-state index in [9.17, 15) is 9.90 Å². The van der Waals surface area contributed by atoms with Crippen LogP contribution < -0.4 is 10.1 Å². The number of ether oxygens (including phenoxy) is 1. The second kappa shape index (κ2) is 11.9. The average molecular weight is 512 g/mol. The Morgan fingerprint density at radius 3 is 2.39 bits per heavy atom.